The lowest BCUT2D eigenvalue weighted by molar-refractivity contribution is 0.0992. The summed E-state index contributed by atoms with van der Waals surface area (Å²) in [5, 5.41) is 4.03. The maximum atomic E-state index is 6.28. The molecule has 3 heteroatoms. The number of ether oxygens (including phenoxy) is 1. The normalized spacial score (nSPS) is 28.1. The van der Waals surface area contributed by atoms with Gasteiger partial charge in [0, 0.05) is 16.6 Å². The van der Waals surface area contributed by atoms with Gasteiger partial charge in [-0.3, -0.25) is 0 Å². The first kappa shape index (κ1) is 15.7. The maximum Gasteiger partial charge on any atom is 0.124 e. The molecule has 0 amide bonds. The second-order valence-corrected chi connectivity index (χ2v) is 6.64. The van der Waals surface area contributed by atoms with Gasteiger partial charge in [0.05, 0.1) is 6.10 Å². The SMILES string of the molecule is CNC(C)c1cc(Cl)ccc1OC1CCC(C)C(C)C1. The lowest BCUT2D eigenvalue weighted by Gasteiger charge is -2.33. The minimum Gasteiger partial charge on any atom is -0.490 e. The Kier molecular flexibility index (Phi) is 5.34. The van der Waals surface area contributed by atoms with Crippen molar-refractivity contribution in [1.82, 2.24) is 5.32 Å². The third kappa shape index (κ3) is 3.67. The predicted molar refractivity (Wildman–Crippen MR) is 85.5 cm³/mol. The molecule has 0 radical (unpaired) electrons. The highest BCUT2D eigenvalue weighted by Crippen LogP contribution is 2.34. The molecule has 2 nitrogen and oxygen atoms in total. The van der Waals surface area contributed by atoms with Gasteiger partial charge in [-0.1, -0.05) is 25.4 Å². The first-order valence-electron chi connectivity index (χ1n) is 7.64. The quantitative estimate of drug-likeness (QED) is 0.859. The van der Waals surface area contributed by atoms with Crippen LogP contribution in [0, 0.1) is 11.8 Å². The van der Waals surface area contributed by atoms with E-state index in [2.05, 4.69) is 26.1 Å². The van der Waals surface area contributed by atoms with E-state index in [0.717, 1.165) is 41.0 Å². The van der Waals surface area contributed by atoms with Crippen LogP contribution in [-0.4, -0.2) is 13.2 Å². The van der Waals surface area contributed by atoms with Gasteiger partial charge in [0.2, 0.25) is 0 Å². The second kappa shape index (κ2) is 6.82. The van der Waals surface area contributed by atoms with Crippen molar-refractivity contribution in [3.8, 4) is 5.75 Å². The van der Waals surface area contributed by atoms with E-state index < -0.39 is 0 Å². The van der Waals surface area contributed by atoms with Crippen molar-refractivity contribution < 1.29 is 4.74 Å². The lowest BCUT2D eigenvalue weighted by Crippen LogP contribution is -2.29. The van der Waals surface area contributed by atoms with E-state index in [1.54, 1.807) is 0 Å². The fraction of sp³-hybridized carbons (Fsp3) is 0.647. The maximum absolute atomic E-state index is 6.28. The van der Waals surface area contributed by atoms with Crippen molar-refractivity contribution in [2.75, 3.05) is 7.05 Å². The fourth-order valence-corrected chi connectivity index (χ4v) is 3.09. The zero-order valence-corrected chi connectivity index (χ0v) is 13.7. The lowest BCUT2D eigenvalue weighted by atomic mass is 9.80. The van der Waals surface area contributed by atoms with Crippen molar-refractivity contribution in [1.29, 1.82) is 0 Å². The molecule has 112 valence electrons. The zero-order valence-electron chi connectivity index (χ0n) is 12.9. The van der Waals surface area contributed by atoms with Crippen LogP contribution in [0.2, 0.25) is 5.02 Å². The summed E-state index contributed by atoms with van der Waals surface area (Å²) < 4.78 is 6.28. The molecule has 0 spiro atoms. The molecule has 0 aliphatic heterocycles. The number of benzene rings is 1. The Morgan fingerprint density at radius 1 is 1.25 bits per heavy atom. The molecule has 1 aromatic carbocycles. The van der Waals surface area contributed by atoms with Gasteiger partial charge in [-0.2, -0.15) is 0 Å². The number of hydrogen-bond donors (Lipinski definition) is 1. The standard InChI is InChI=1S/C17H26ClNO/c1-11-5-7-15(9-12(11)2)20-17-8-6-14(18)10-16(17)13(3)19-4/h6,8,10-13,15,19H,5,7,9H2,1-4H3. The average Bonchev–Trinajstić information content (AvgIpc) is 2.44. The van der Waals surface area contributed by atoms with Crippen molar-refractivity contribution in [3.63, 3.8) is 0 Å². The summed E-state index contributed by atoms with van der Waals surface area (Å²) in [6.45, 7) is 6.81. The molecule has 20 heavy (non-hydrogen) atoms. The largest absolute Gasteiger partial charge is 0.490 e. The molecule has 2 rings (SSSR count). The molecule has 0 saturated heterocycles. The first-order valence-corrected chi connectivity index (χ1v) is 8.02. The molecular formula is C17H26ClNO. The molecule has 0 heterocycles. The molecule has 1 aliphatic rings. The summed E-state index contributed by atoms with van der Waals surface area (Å²) in [5.41, 5.74) is 1.14. The van der Waals surface area contributed by atoms with Crippen molar-refractivity contribution >= 4 is 11.6 Å². The fourth-order valence-electron chi connectivity index (χ4n) is 2.91. The van der Waals surface area contributed by atoms with E-state index in [4.69, 9.17) is 16.3 Å². The average molecular weight is 296 g/mol. The van der Waals surface area contributed by atoms with Crippen LogP contribution in [0.4, 0.5) is 0 Å². The second-order valence-electron chi connectivity index (χ2n) is 6.20. The monoisotopic (exact) mass is 295 g/mol. The number of halogens is 1. The van der Waals surface area contributed by atoms with Crippen molar-refractivity contribution in [2.24, 2.45) is 11.8 Å². The summed E-state index contributed by atoms with van der Waals surface area (Å²) >= 11 is 6.12. The highest BCUT2D eigenvalue weighted by atomic mass is 35.5. The van der Waals surface area contributed by atoms with E-state index in [1.807, 2.05) is 25.2 Å². The van der Waals surface area contributed by atoms with E-state index in [0.29, 0.717) is 6.10 Å². The van der Waals surface area contributed by atoms with Gasteiger partial charge in [0.1, 0.15) is 5.75 Å². The molecule has 1 N–H and O–H groups in total. The Balaban J connectivity index is 2.13. The van der Waals surface area contributed by atoms with E-state index in [9.17, 15) is 0 Å². The third-order valence-corrected chi connectivity index (χ3v) is 4.95. The van der Waals surface area contributed by atoms with Crippen LogP contribution in [0.25, 0.3) is 0 Å². The molecule has 0 bridgehead atoms. The van der Waals surface area contributed by atoms with Crippen LogP contribution >= 0.6 is 11.6 Å². The van der Waals surface area contributed by atoms with Gasteiger partial charge in [0.15, 0.2) is 0 Å². The summed E-state index contributed by atoms with van der Waals surface area (Å²) in [6, 6.07) is 6.17. The Morgan fingerprint density at radius 2 is 2.00 bits per heavy atom. The van der Waals surface area contributed by atoms with Crippen LogP contribution in [0.1, 0.15) is 51.6 Å². The summed E-state index contributed by atoms with van der Waals surface area (Å²) in [5.74, 6) is 2.53. The topological polar surface area (TPSA) is 21.3 Å². The van der Waals surface area contributed by atoms with Crippen LogP contribution in [0.5, 0.6) is 5.75 Å². The Bertz CT molecular complexity index is 449. The highest BCUT2D eigenvalue weighted by molar-refractivity contribution is 6.30. The van der Waals surface area contributed by atoms with E-state index >= 15 is 0 Å². The minimum atomic E-state index is 0.239. The van der Waals surface area contributed by atoms with Gasteiger partial charge in [0.25, 0.3) is 0 Å². The minimum absolute atomic E-state index is 0.239. The van der Waals surface area contributed by atoms with Crippen LogP contribution < -0.4 is 10.1 Å². The van der Waals surface area contributed by atoms with E-state index in [1.165, 1.54) is 6.42 Å². The molecule has 1 aliphatic carbocycles. The molecule has 1 fully saturated rings. The van der Waals surface area contributed by atoms with Crippen LogP contribution in [0.3, 0.4) is 0 Å². The van der Waals surface area contributed by atoms with Crippen LogP contribution in [-0.2, 0) is 0 Å². The van der Waals surface area contributed by atoms with Crippen molar-refractivity contribution in [2.45, 2.75) is 52.2 Å². The zero-order chi connectivity index (χ0) is 14.7. The predicted octanol–water partition coefficient (Wildman–Crippen LogP) is 4.82. The molecule has 1 saturated carbocycles. The molecule has 0 aromatic heterocycles. The summed E-state index contributed by atoms with van der Waals surface area (Å²) in [4.78, 5) is 0. The number of rotatable bonds is 4. The summed E-state index contributed by atoms with van der Waals surface area (Å²) in [6.07, 6.45) is 3.90. The third-order valence-electron chi connectivity index (χ3n) is 4.72. The molecular weight excluding hydrogens is 270 g/mol. The first-order chi connectivity index (χ1) is 9.51. The van der Waals surface area contributed by atoms with Crippen LogP contribution in [0.15, 0.2) is 18.2 Å². The Labute approximate surface area is 127 Å². The molecule has 4 atom stereocenters. The van der Waals surface area contributed by atoms with Gasteiger partial charge < -0.3 is 10.1 Å². The Morgan fingerprint density at radius 3 is 2.65 bits per heavy atom. The van der Waals surface area contributed by atoms with Crippen molar-refractivity contribution in [3.05, 3.63) is 28.8 Å². The molecule has 1 aromatic rings. The van der Waals surface area contributed by atoms with Gasteiger partial charge in [-0.25, -0.2) is 0 Å². The van der Waals surface area contributed by atoms with Gasteiger partial charge in [-0.05, 0) is 63.3 Å². The summed E-state index contributed by atoms with van der Waals surface area (Å²) in [7, 11) is 1.96. The highest BCUT2D eigenvalue weighted by Gasteiger charge is 2.26. The van der Waals surface area contributed by atoms with Gasteiger partial charge >= 0.3 is 0 Å². The Hall–Kier alpha value is -0.730. The van der Waals surface area contributed by atoms with Gasteiger partial charge in [-0.15, -0.1) is 0 Å². The molecule has 4 unspecified atom stereocenters. The van der Waals surface area contributed by atoms with E-state index in [-0.39, 0.29) is 6.04 Å². The number of hydrogen-bond acceptors (Lipinski definition) is 2. The smallest absolute Gasteiger partial charge is 0.124 e. The number of nitrogens with one attached hydrogen (secondary N) is 1.